The summed E-state index contributed by atoms with van der Waals surface area (Å²) in [7, 11) is 0. The number of rotatable bonds is 8. The highest BCUT2D eigenvalue weighted by atomic mass is 15.4. The zero-order valence-electron chi connectivity index (χ0n) is 23.2. The van der Waals surface area contributed by atoms with Gasteiger partial charge in [0.1, 0.15) is 0 Å². The number of nitrogens with one attached hydrogen (secondary N) is 2. The van der Waals surface area contributed by atoms with E-state index in [4.69, 9.17) is 0 Å². The van der Waals surface area contributed by atoms with Crippen LogP contribution in [-0.2, 0) is 0 Å². The Hall–Kier alpha value is -0.995. The fourth-order valence-electron chi connectivity index (χ4n) is 8.52. The van der Waals surface area contributed by atoms with Gasteiger partial charge in [-0.15, -0.1) is 12.6 Å². The zero-order chi connectivity index (χ0) is 24.0. The van der Waals surface area contributed by atoms with Gasteiger partial charge in [0.15, 0.2) is 5.84 Å². The molecule has 0 saturated heterocycles. The molecule has 4 nitrogen and oxygen atoms in total. The van der Waals surface area contributed by atoms with Gasteiger partial charge in [0, 0.05) is 18.0 Å². The van der Waals surface area contributed by atoms with Gasteiger partial charge in [-0.1, -0.05) is 84.5 Å². The van der Waals surface area contributed by atoms with Crippen LogP contribution in [0.5, 0.6) is 0 Å². The number of guanidine groups is 1. The maximum atomic E-state index is 4.21. The Morgan fingerprint density at radius 1 is 0.794 bits per heavy atom. The van der Waals surface area contributed by atoms with Crippen LogP contribution in [0.1, 0.15) is 137 Å². The van der Waals surface area contributed by atoms with Gasteiger partial charge < -0.3 is 8.97 Å². The van der Waals surface area contributed by atoms with Crippen LogP contribution in [-0.4, -0.2) is 45.3 Å². The summed E-state index contributed by atoms with van der Waals surface area (Å²) in [6.45, 7) is 9.83. The summed E-state index contributed by atoms with van der Waals surface area (Å²) in [6.07, 6.45) is 25.3. The third-order valence-corrected chi connectivity index (χ3v) is 9.78. The molecule has 34 heavy (non-hydrogen) atoms. The maximum absolute atomic E-state index is 4.21. The van der Waals surface area contributed by atoms with Crippen molar-refractivity contribution in [1.29, 1.82) is 0 Å². The summed E-state index contributed by atoms with van der Waals surface area (Å²) < 4.78 is 6.01. The topological polar surface area (TPSA) is 30.1 Å². The Kier molecular flexibility index (Phi) is 9.44. The zero-order valence-corrected chi connectivity index (χ0v) is 23.2. The van der Waals surface area contributed by atoms with E-state index in [9.17, 15) is 0 Å². The molecule has 0 aromatic carbocycles. The Morgan fingerprint density at radius 3 is 1.85 bits per heavy atom. The molecule has 0 spiro atoms. The van der Waals surface area contributed by atoms with Gasteiger partial charge in [-0.25, -0.2) is 5.32 Å². The third kappa shape index (κ3) is 5.54. The molecule has 4 rings (SSSR count). The average Bonchev–Trinajstić information content (AvgIpc) is 2.85. The first kappa shape index (κ1) is 26.1. The summed E-state index contributed by atoms with van der Waals surface area (Å²) in [6, 6.07) is 1.89. The molecule has 3 fully saturated rings. The highest BCUT2D eigenvalue weighted by Gasteiger charge is 2.50. The molecule has 1 heterocycles. The number of hydrogen-bond acceptors (Lipinski definition) is 2. The monoisotopic (exact) mass is 471 g/mol. The van der Waals surface area contributed by atoms with Crippen LogP contribution >= 0.6 is 0 Å². The Balaban J connectivity index is 1.85. The summed E-state index contributed by atoms with van der Waals surface area (Å²) in [5, 5.41) is 8.42. The van der Waals surface area contributed by atoms with Gasteiger partial charge in [-0.05, 0) is 52.4 Å². The lowest BCUT2D eigenvalue weighted by molar-refractivity contribution is -0.586. The molecule has 2 N–H and O–H groups in total. The lowest BCUT2D eigenvalue weighted by Crippen LogP contribution is -2.74. The fourth-order valence-corrected chi connectivity index (χ4v) is 8.52. The molecule has 0 unspecified atom stereocenters. The summed E-state index contributed by atoms with van der Waals surface area (Å²) in [5.41, 5.74) is 0. The number of nitrogens with zero attached hydrogens (tertiary/aromatic N) is 2. The van der Waals surface area contributed by atoms with E-state index in [2.05, 4.69) is 47.3 Å². The second-order valence-electron chi connectivity index (χ2n) is 12.6. The van der Waals surface area contributed by atoms with Gasteiger partial charge in [-0.2, -0.15) is 0 Å². The molecule has 3 saturated carbocycles. The second-order valence-corrected chi connectivity index (χ2v) is 12.6. The van der Waals surface area contributed by atoms with Crippen LogP contribution < -0.4 is 10.6 Å². The van der Waals surface area contributed by atoms with Crippen molar-refractivity contribution in [3.8, 4) is 0 Å². The number of amidine groups is 1. The van der Waals surface area contributed by atoms with Crippen molar-refractivity contribution in [2.75, 3.05) is 0 Å². The first-order chi connectivity index (χ1) is 16.6. The molecule has 4 aliphatic rings. The van der Waals surface area contributed by atoms with E-state index in [0.717, 1.165) is 0 Å². The predicted octanol–water partition coefficient (Wildman–Crippen LogP) is 6.88. The molecule has 3 aliphatic carbocycles. The van der Waals surface area contributed by atoms with Crippen LogP contribution in [0.4, 0.5) is 0 Å². The van der Waals surface area contributed by atoms with Crippen LogP contribution in [0.15, 0.2) is 0 Å². The van der Waals surface area contributed by atoms with Crippen LogP contribution in [0.3, 0.4) is 0 Å². The lowest BCUT2D eigenvalue weighted by atomic mass is 9.37. The van der Waals surface area contributed by atoms with Crippen molar-refractivity contribution in [2.24, 2.45) is 5.92 Å². The minimum absolute atomic E-state index is 0.546. The molecule has 1 aliphatic heterocycles. The first-order valence-electron chi connectivity index (χ1n) is 15.6. The summed E-state index contributed by atoms with van der Waals surface area (Å²) in [5.74, 6) is 3.74. The van der Waals surface area contributed by atoms with Gasteiger partial charge in [0.2, 0.25) is 0 Å². The van der Waals surface area contributed by atoms with E-state index in [-0.39, 0.29) is 0 Å². The highest BCUT2D eigenvalue weighted by molar-refractivity contribution is 6.66. The van der Waals surface area contributed by atoms with Crippen molar-refractivity contribution in [3.63, 3.8) is 0 Å². The average molecular weight is 472 g/mol. The van der Waals surface area contributed by atoms with Gasteiger partial charge in [0.25, 0.3) is 0 Å². The standard InChI is InChI=1S/C29H56BN4/c1-5-22-30(23-6-2)33(24(3)4)28(25-16-10-7-11-17-25)32-29(31-26-18-12-8-13-19-26)34(30)27-20-14-9-15-21-27/h24-27,31-32H,5-23H2,1-4H3/q+1. The molecule has 0 atom stereocenters. The molecule has 0 bridgehead atoms. The van der Waals surface area contributed by atoms with Crippen molar-refractivity contribution >= 4 is 18.2 Å². The lowest BCUT2D eigenvalue weighted by Gasteiger charge is -2.52. The largest absolute Gasteiger partial charge is 0.432 e. The SMILES string of the molecule is CCC[B-]1(CCC)[N+](C(C)C)=C(C2CCCCC2)NC(NC2CCCCC2)=[N+]1C1CCCCC1. The minimum Gasteiger partial charge on any atom is -0.432 e. The minimum atomic E-state index is -0.805. The number of hydrogen-bond donors (Lipinski definition) is 2. The second kappa shape index (κ2) is 12.3. The predicted molar refractivity (Wildman–Crippen MR) is 148 cm³/mol. The molecule has 0 amide bonds. The normalized spacial score (nSPS) is 25.7. The quantitative estimate of drug-likeness (QED) is 0.378. The molecular formula is C29H56BN4+. The van der Waals surface area contributed by atoms with Crippen LogP contribution in [0, 0.1) is 5.92 Å². The highest BCUT2D eigenvalue weighted by Crippen LogP contribution is 2.35. The third-order valence-electron chi connectivity index (χ3n) is 9.78. The fraction of sp³-hybridized carbons (Fsp3) is 0.931. The van der Waals surface area contributed by atoms with E-state index in [1.54, 1.807) is 5.84 Å². The van der Waals surface area contributed by atoms with E-state index in [0.29, 0.717) is 24.0 Å². The smallest absolute Gasteiger partial charge is 0.344 e. The van der Waals surface area contributed by atoms with Crippen LogP contribution in [0.2, 0.25) is 12.6 Å². The Morgan fingerprint density at radius 2 is 1.32 bits per heavy atom. The van der Waals surface area contributed by atoms with E-state index in [1.807, 2.05) is 0 Å². The molecule has 194 valence electrons. The summed E-state index contributed by atoms with van der Waals surface area (Å²) >= 11 is 0. The molecule has 0 aromatic rings. The molecule has 5 heteroatoms. The van der Waals surface area contributed by atoms with Crippen molar-refractivity contribution in [2.45, 2.75) is 168 Å². The summed E-state index contributed by atoms with van der Waals surface area (Å²) in [4.78, 5) is 0. The van der Waals surface area contributed by atoms with Crippen LogP contribution in [0.25, 0.3) is 0 Å². The van der Waals surface area contributed by atoms with Gasteiger partial charge in [-0.3, -0.25) is 5.32 Å². The van der Waals surface area contributed by atoms with E-state index >= 15 is 0 Å². The maximum Gasteiger partial charge on any atom is 0.344 e. The first-order valence-corrected chi connectivity index (χ1v) is 15.6. The molecular weight excluding hydrogens is 415 g/mol. The van der Waals surface area contributed by atoms with Crippen molar-refractivity contribution in [1.82, 2.24) is 10.6 Å². The van der Waals surface area contributed by atoms with Crippen molar-refractivity contribution in [3.05, 3.63) is 0 Å². The van der Waals surface area contributed by atoms with E-state index < -0.39 is 6.42 Å². The van der Waals surface area contributed by atoms with Gasteiger partial charge in [0.05, 0.1) is 6.04 Å². The Labute approximate surface area is 211 Å². The van der Waals surface area contributed by atoms with E-state index in [1.165, 1.54) is 128 Å². The Bertz CT molecular complexity index is 704. The molecule has 0 aromatic heterocycles. The molecule has 0 radical (unpaired) electrons. The van der Waals surface area contributed by atoms with Crippen molar-refractivity contribution < 1.29 is 8.97 Å². The van der Waals surface area contributed by atoms with Gasteiger partial charge >= 0.3 is 12.4 Å².